The molecule has 1 aromatic carbocycles. The molecule has 0 saturated carbocycles. The van der Waals surface area contributed by atoms with Crippen LogP contribution < -0.4 is 5.73 Å². The summed E-state index contributed by atoms with van der Waals surface area (Å²) in [6.07, 6.45) is 0. The van der Waals surface area contributed by atoms with Gasteiger partial charge in [-0.05, 0) is 23.6 Å². The molecule has 0 unspecified atom stereocenters. The Kier molecular flexibility index (Phi) is 5.09. The van der Waals surface area contributed by atoms with E-state index in [9.17, 15) is 0 Å². The van der Waals surface area contributed by atoms with Gasteiger partial charge in [0.1, 0.15) is 0 Å². The van der Waals surface area contributed by atoms with Gasteiger partial charge in [-0.3, -0.25) is 0 Å². The van der Waals surface area contributed by atoms with E-state index in [-0.39, 0.29) is 6.04 Å². The van der Waals surface area contributed by atoms with Crippen molar-refractivity contribution in [2.75, 3.05) is 6.61 Å². The number of halogens is 1. The number of rotatable bonds is 5. The van der Waals surface area contributed by atoms with Crippen molar-refractivity contribution in [2.45, 2.75) is 26.5 Å². The first-order valence-electron chi connectivity index (χ1n) is 5.17. The highest BCUT2D eigenvalue weighted by Gasteiger charge is 2.06. The lowest BCUT2D eigenvalue weighted by Gasteiger charge is -2.15. The number of hydrogen-bond acceptors (Lipinski definition) is 2. The minimum Gasteiger partial charge on any atom is -0.375 e. The standard InChI is InChI=1S/C12H18ClNO/c1-9(2)12(14)8-15-7-10-3-5-11(13)6-4-10/h3-6,9,12H,7-8,14H2,1-2H3/t12-/m1/s1. The third-order valence-electron chi connectivity index (χ3n) is 2.35. The fourth-order valence-corrected chi connectivity index (χ4v) is 1.21. The van der Waals surface area contributed by atoms with Gasteiger partial charge in [0.05, 0.1) is 13.2 Å². The van der Waals surface area contributed by atoms with Crippen LogP contribution in [0.25, 0.3) is 0 Å². The molecular weight excluding hydrogens is 210 g/mol. The molecule has 1 aromatic rings. The van der Waals surface area contributed by atoms with E-state index in [0.29, 0.717) is 19.1 Å². The molecule has 0 saturated heterocycles. The number of ether oxygens (including phenoxy) is 1. The first-order valence-corrected chi connectivity index (χ1v) is 5.55. The number of hydrogen-bond donors (Lipinski definition) is 1. The Labute approximate surface area is 96.4 Å². The molecule has 0 fully saturated rings. The lowest BCUT2D eigenvalue weighted by molar-refractivity contribution is 0.0973. The van der Waals surface area contributed by atoms with Gasteiger partial charge in [-0.15, -0.1) is 0 Å². The highest BCUT2D eigenvalue weighted by Crippen LogP contribution is 2.10. The van der Waals surface area contributed by atoms with Gasteiger partial charge < -0.3 is 10.5 Å². The summed E-state index contributed by atoms with van der Waals surface area (Å²) in [4.78, 5) is 0. The summed E-state index contributed by atoms with van der Waals surface area (Å²) in [7, 11) is 0. The summed E-state index contributed by atoms with van der Waals surface area (Å²) < 4.78 is 5.51. The lowest BCUT2D eigenvalue weighted by atomic mass is 10.1. The Balaban J connectivity index is 2.29. The van der Waals surface area contributed by atoms with E-state index in [2.05, 4.69) is 13.8 Å². The topological polar surface area (TPSA) is 35.2 Å². The molecule has 0 amide bonds. The summed E-state index contributed by atoms with van der Waals surface area (Å²) in [5.74, 6) is 0.454. The van der Waals surface area contributed by atoms with Gasteiger partial charge in [0.25, 0.3) is 0 Å². The molecule has 0 aliphatic carbocycles. The maximum atomic E-state index is 5.86. The zero-order valence-corrected chi connectivity index (χ0v) is 10.00. The summed E-state index contributed by atoms with van der Waals surface area (Å²) >= 11 is 5.78. The predicted octanol–water partition coefficient (Wildman–Crippen LogP) is 2.84. The van der Waals surface area contributed by atoms with Gasteiger partial charge in [0.15, 0.2) is 0 Å². The van der Waals surface area contributed by atoms with Gasteiger partial charge in [-0.25, -0.2) is 0 Å². The third kappa shape index (κ3) is 4.65. The first-order chi connectivity index (χ1) is 7.09. The molecule has 2 N–H and O–H groups in total. The molecular formula is C12H18ClNO. The van der Waals surface area contributed by atoms with Crippen molar-refractivity contribution in [2.24, 2.45) is 11.7 Å². The SMILES string of the molecule is CC(C)[C@H](N)COCc1ccc(Cl)cc1. The van der Waals surface area contributed by atoms with Gasteiger partial charge >= 0.3 is 0 Å². The summed E-state index contributed by atoms with van der Waals surface area (Å²) in [5.41, 5.74) is 6.98. The van der Waals surface area contributed by atoms with Crippen LogP contribution in [0, 0.1) is 5.92 Å². The highest BCUT2D eigenvalue weighted by atomic mass is 35.5. The van der Waals surface area contributed by atoms with E-state index in [4.69, 9.17) is 22.1 Å². The molecule has 0 heterocycles. The molecule has 2 nitrogen and oxygen atoms in total. The van der Waals surface area contributed by atoms with Crippen molar-refractivity contribution in [1.82, 2.24) is 0 Å². The summed E-state index contributed by atoms with van der Waals surface area (Å²) in [6.45, 7) is 5.38. The van der Waals surface area contributed by atoms with Crippen LogP contribution in [0.4, 0.5) is 0 Å². The van der Waals surface area contributed by atoms with E-state index in [1.807, 2.05) is 24.3 Å². The van der Waals surface area contributed by atoms with Crippen molar-refractivity contribution in [3.63, 3.8) is 0 Å². The summed E-state index contributed by atoms with van der Waals surface area (Å²) in [6, 6.07) is 7.76. The third-order valence-corrected chi connectivity index (χ3v) is 2.60. The molecule has 1 rings (SSSR count). The van der Waals surface area contributed by atoms with Crippen LogP contribution in [0.15, 0.2) is 24.3 Å². The van der Waals surface area contributed by atoms with E-state index in [1.165, 1.54) is 0 Å². The summed E-state index contributed by atoms with van der Waals surface area (Å²) in [5, 5.41) is 0.748. The molecule has 0 aromatic heterocycles. The number of nitrogens with two attached hydrogens (primary N) is 1. The highest BCUT2D eigenvalue weighted by molar-refractivity contribution is 6.30. The molecule has 0 bridgehead atoms. The second-order valence-electron chi connectivity index (χ2n) is 4.05. The van der Waals surface area contributed by atoms with E-state index < -0.39 is 0 Å². The molecule has 1 atom stereocenters. The fourth-order valence-electron chi connectivity index (χ4n) is 1.09. The Morgan fingerprint density at radius 1 is 1.27 bits per heavy atom. The zero-order chi connectivity index (χ0) is 11.3. The molecule has 15 heavy (non-hydrogen) atoms. The van der Waals surface area contributed by atoms with Crippen molar-refractivity contribution >= 4 is 11.6 Å². The second-order valence-corrected chi connectivity index (χ2v) is 4.49. The maximum absolute atomic E-state index is 5.86. The Morgan fingerprint density at radius 3 is 2.40 bits per heavy atom. The smallest absolute Gasteiger partial charge is 0.0717 e. The van der Waals surface area contributed by atoms with Gasteiger partial charge in [-0.2, -0.15) is 0 Å². The van der Waals surface area contributed by atoms with E-state index >= 15 is 0 Å². The maximum Gasteiger partial charge on any atom is 0.0717 e. The molecule has 0 spiro atoms. The van der Waals surface area contributed by atoms with E-state index in [1.54, 1.807) is 0 Å². The van der Waals surface area contributed by atoms with Crippen molar-refractivity contribution in [3.05, 3.63) is 34.9 Å². The average molecular weight is 228 g/mol. The van der Waals surface area contributed by atoms with Crippen LogP contribution >= 0.6 is 11.6 Å². The van der Waals surface area contributed by atoms with Gasteiger partial charge in [-0.1, -0.05) is 37.6 Å². The number of benzene rings is 1. The van der Waals surface area contributed by atoms with Crippen LogP contribution in [-0.2, 0) is 11.3 Å². The average Bonchev–Trinajstić information content (AvgIpc) is 2.20. The molecule has 0 radical (unpaired) electrons. The molecule has 0 aliphatic heterocycles. The monoisotopic (exact) mass is 227 g/mol. The van der Waals surface area contributed by atoms with Gasteiger partial charge in [0, 0.05) is 11.1 Å². The Morgan fingerprint density at radius 2 is 1.87 bits per heavy atom. The largest absolute Gasteiger partial charge is 0.375 e. The van der Waals surface area contributed by atoms with Crippen molar-refractivity contribution < 1.29 is 4.74 Å². The van der Waals surface area contributed by atoms with E-state index in [0.717, 1.165) is 10.6 Å². The first kappa shape index (κ1) is 12.5. The Hall–Kier alpha value is -0.570. The minimum atomic E-state index is 0.109. The van der Waals surface area contributed by atoms with Crippen LogP contribution in [0.2, 0.25) is 5.02 Å². The van der Waals surface area contributed by atoms with Crippen LogP contribution in [0.5, 0.6) is 0 Å². The van der Waals surface area contributed by atoms with Crippen molar-refractivity contribution in [3.8, 4) is 0 Å². The van der Waals surface area contributed by atoms with Crippen LogP contribution in [0.1, 0.15) is 19.4 Å². The predicted molar refractivity (Wildman–Crippen MR) is 63.9 cm³/mol. The second kappa shape index (κ2) is 6.11. The minimum absolute atomic E-state index is 0.109. The molecule has 0 aliphatic rings. The fraction of sp³-hybridized carbons (Fsp3) is 0.500. The van der Waals surface area contributed by atoms with Crippen molar-refractivity contribution in [1.29, 1.82) is 0 Å². The Bertz CT molecular complexity index is 284. The van der Waals surface area contributed by atoms with Crippen LogP contribution in [-0.4, -0.2) is 12.6 Å². The molecule has 3 heteroatoms. The molecule has 84 valence electrons. The lowest BCUT2D eigenvalue weighted by Crippen LogP contribution is -2.31. The van der Waals surface area contributed by atoms with Crippen LogP contribution in [0.3, 0.4) is 0 Å². The zero-order valence-electron chi connectivity index (χ0n) is 9.24. The quantitative estimate of drug-likeness (QED) is 0.840. The van der Waals surface area contributed by atoms with Gasteiger partial charge in [0.2, 0.25) is 0 Å². The normalized spacial score (nSPS) is 13.1.